The molecule has 1 saturated heterocycles. The standard InChI is InChI=1S/C20H22ClFN6O2/c1-12(2)30-15-9-27(10-15)14-7-19(29)28(23-8-14)11-18-20(24-25-26(18)3)16-5-4-13(21)6-17(16)22/h4-8,12,15H,9-11H2,1-3H3. The van der Waals surface area contributed by atoms with Crippen molar-refractivity contribution in [2.75, 3.05) is 18.0 Å². The van der Waals surface area contributed by atoms with Crippen LogP contribution < -0.4 is 10.5 Å². The molecule has 8 nitrogen and oxygen atoms in total. The molecule has 0 atom stereocenters. The molecule has 1 fully saturated rings. The van der Waals surface area contributed by atoms with Gasteiger partial charge in [0.25, 0.3) is 5.56 Å². The molecule has 30 heavy (non-hydrogen) atoms. The van der Waals surface area contributed by atoms with Crippen LogP contribution in [-0.2, 0) is 18.3 Å². The normalized spacial score (nSPS) is 14.4. The van der Waals surface area contributed by atoms with Crippen molar-refractivity contribution in [1.82, 2.24) is 24.8 Å². The molecule has 0 bridgehead atoms. The number of hydrogen-bond donors (Lipinski definition) is 0. The van der Waals surface area contributed by atoms with Crippen molar-refractivity contribution in [3.63, 3.8) is 0 Å². The summed E-state index contributed by atoms with van der Waals surface area (Å²) in [5, 5.41) is 12.6. The van der Waals surface area contributed by atoms with Crippen LogP contribution in [0.3, 0.4) is 0 Å². The average Bonchev–Trinajstić information content (AvgIpc) is 3.00. The molecule has 1 aliphatic rings. The van der Waals surface area contributed by atoms with E-state index in [0.717, 1.165) is 18.8 Å². The van der Waals surface area contributed by atoms with Crippen molar-refractivity contribution in [2.45, 2.75) is 32.6 Å². The molecule has 1 aromatic carbocycles. The predicted octanol–water partition coefficient (Wildman–Crippen LogP) is 2.49. The maximum Gasteiger partial charge on any atom is 0.269 e. The molecule has 0 radical (unpaired) electrons. The van der Waals surface area contributed by atoms with E-state index in [0.29, 0.717) is 16.4 Å². The number of hydrogen-bond acceptors (Lipinski definition) is 6. The van der Waals surface area contributed by atoms with Gasteiger partial charge in [-0.25, -0.2) is 13.8 Å². The second-order valence-corrected chi connectivity index (χ2v) is 7.99. The van der Waals surface area contributed by atoms with Crippen molar-refractivity contribution in [3.8, 4) is 11.3 Å². The fourth-order valence-electron chi connectivity index (χ4n) is 3.42. The molecular weight excluding hydrogens is 411 g/mol. The number of benzene rings is 1. The summed E-state index contributed by atoms with van der Waals surface area (Å²) < 4.78 is 22.9. The van der Waals surface area contributed by atoms with Crippen LogP contribution in [0.4, 0.5) is 10.1 Å². The second-order valence-electron chi connectivity index (χ2n) is 7.55. The first-order valence-corrected chi connectivity index (χ1v) is 10.0. The van der Waals surface area contributed by atoms with Crippen LogP contribution in [0.25, 0.3) is 11.3 Å². The van der Waals surface area contributed by atoms with Crippen LogP contribution in [-0.4, -0.2) is 50.1 Å². The van der Waals surface area contributed by atoms with Crippen molar-refractivity contribution in [2.24, 2.45) is 7.05 Å². The van der Waals surface area contributed by atoms with Gasteiger partial charge in [0, 0.05) is 36.8 Å². The second kappa shape index (κ2) is 8.16. The molecule has 158 valence electrons. The summed E-state index contributed by atoms with van der Waals surface area (Å²) >= 11 is 5.84. The number of aryl methyl sites for hydroxylation is 1. The third-order valence-electron chi connectivity index (χ3n) is 4.96. The van der Waals surface area contributed by atoms with E-state index in [4.69, 9.17) is 16.3 Å². The molecule has 10 heteroatoms. The highest BCUT2D eigenvalue weighted by Gasteiger charge is 2.29. The van der Waals surface area contributed by atoms with Crippen LogP contribution in [0.2, 0.25) is 5.02 Å². The molecule has 4 rings (SSSR count). The molecule has 0 saturated carbocycles. The highest BCUT2D eigenvalue weighted by molar-refractivity contribution is 6.30. The van der Waals surface area contributed by atoms with Gasteiger partial charge in [-0.3, -0.25) is 4.79 Å². The molecule has 0 aliphatic carbocycles. The lowest BCUT2D eigenvalue weighted by molar-refractivity contribution is -0.00723. The average molecular weight is 433 g/mol. The molecule has 2 aromatic heterocycles. The van der Waals surface area contributed by atoms with Crippen LogP contribution >= 0.6 is 11.6 Å². The van der Waals surface area contributed by atoms with Gasteiger partial charge in [0.15, 0.2) is 0 Å². The minimum Gasteiger partial charge on any atom is -0.372 e. The fourth-order valence-corrected chi connectivity index (χ4v) is 3.58. The van der Waals surface area contributed by atoms with E-state index in [9.17, 15) is 9.18 Å². The minimum atomic E-state index is -0.504. The van der Waals surface area contributed by atoms with Gasteiger partial charge >= 0.3 is 0 Å². The lowest BCUT2D eigenvalue weighted by Crippen LogP contribution is -2.53. The third kappa shape index (κ3) is 4.08. The molecule has 1 aliphatic heterocycles. The van der Waals surface area contributed by atoms with E-state index >= 15 is 0 Å². The number of nitrogens with zero attached hydrogens (tertiary/aromatic N) is 6. The lowest BCUT2D eigenvalue weighted by Gasteiger charge is -2.41. The Morgan fingerprint density at radius 3 is 2.73 bits per heavy atom. The molecule has 0 unspecified atom stereocenters. The Hall–Kier alpha value is -2.78. The predicted molar refractivity (Wildman–Crippen MR) is 111 cm³/mol. The molecule has 3 heterocycles. The number of rotatable bonds is 6. The Balaban J connectivity index is 1.55. The summed E-state index contributed by atoms with van der Waals surface area (Å²) in [6.45, 7) is 5.58. The van der Waals surface area contributed by atoms with E-state index in [1.165, 1.54) is 15.4 Å². The number of aromatic nitrogens is 5. The van der Waals surface area contributed by atoms with Gasteiger partial charge in [0.1, 0.15) is 11.5 Å². The lowest BCUT2D eigenvalue weighted by atomic mass is 10.1. The van der Waals surface area contributed by atoms with Crippen molar-refractivity contribution >= 4 is 17.3 Å². The Labute approximate surface area is 177 Å². The number of anilines is 1. The summed E-state index contributed by atoms with van der Waals surface area (Å²) in [6, 6.07) is 5.90. The fraction of sp³-hybridized carbons (Fsp3) is 0.400. The highest BCUT2D eigenvalue weighted by atomic mass is 35.5. The zero-order valence-corrected chi connectivity index (χ0v) is 17.7. The van der Waals surface area contributed by atoms with Gasteiger partial charge in [-0.05, 0) is 32.0 Å². The number of ether oxygens (including phenoxy) is 1. The summed E-state index contributed by atoms with van der Waals surface area (Å²) in [5.41, 5.74) is 1.68. The van der Waals surface area contributed by atoms with Crippen molar-refractivity contribution in [1.29, 1.82) is 0 Å². The van der Waals surface area contributed by atoms with Gasteiger partial charge in [0.05, 0.1) is 36.3 Å². The Morgan fingerprint density at radius 2 is 2.07 bits per heavy atom. The van der Waals surface area contributed by atoms with Crippen LogP contribution in [0, 0.1) is 5.82 Å². The van der Waals surface area contributed by atoms with Gasteiger partial charge in [-0.15, -0.1) is 5.10 Å². The van der Waals surface area contributed by atoms with Crippen LogP contribution in [0.1, 0.15) is 19.5 Å². The summed E-state index contributed by atoms with van der Waals surface area (Å²) in [5.74, 6) is -0.504. The third-order valence-corrected chi connectivity index (χ3v) is 5.20. The van der Waals surface area contributed by atoms with Crippen molar-refractivity contribution < 1.29 is 9.13 Å². The number of halogens is 2. The molecule has 0 N–H and O–H groups in total. The van der Waals surface area contributed by atoms with Gasteiger partial charge < -0.3 is 9.64 Å². The smallest absolute Gasteiger partial charge is 0.269 e. The molecule has 0 spiro atoms. The maximum absolute atomic E-state index is 14.4. The summed E-state index contributed by atoms with van der Waals surface area (Å²) in [6.07, 6.45) is 2.00. The topological polar surface area (TPSA) is 78.1 Å². The first-order valence-electron chi connectivity index (χ1n) is 9.63. The van der Waals surface area contributed by atoms with E-state index in [2.05, 4.69) is 15.4 Å². The van der Waals surface area contributed by atoms with Gasteiger partial charge in [-0.2, -0.15) is 5.10 Å². The summed E-state index contributed by atoms with van der Waals surface area (Å²) in [4.78, 5) is 14.7. The maximum atomic E-state index is 14.4. The molecule has 3 aromatic rings. The SMILES string of the molecule is CC(C)OC1CN(c2cnn(Cc3c(-c4ccc(Cl)cc4F)nnn3C)c(=O)c2)C1. The first kappa shape index (κ1) is 20.5. The first-order chi connectivity index (χ1) is 14.3. The van der Waals surface area contributed by atoms with E-state index < -0.39 is 5.82 Å². The van der Waals surface area contributed by atoms with E-state index in [-0.39, 0.29) is 29.9 Å². The molecular formula is C20H22ClFN6O2. The van der Waals surface area contributed by atoms with Crippen LogP contribution in [0.15, 0.2) is 35.3 Å². The monoisotopic (exact) mass is 432 g/mol. The Morgan fingerprint density at radius 1 is 1.30 bits per heavy atom. The largest absolute Gasteiger partial charge is 0.372 e. The van der Waals surface area contributed by atoms with Gasteiger partial charge in [0.2, 0.25) is 0 Å². The Bertz CT molecular complexity index is 1120. The quantitative estimate of drug-likeness (QED) is 0.595. The minimum absolute atomic E-state index is 0.110. The van der Waals surface area contributed by atoms with Crippen LogP contribution in [0.5, 0.6) is 0 Å². The zero-order valence-electron chi connectivity index (χ0n) is 16.9. The highest BCUT2D eigenvalue weighted by Crippen LogP contribution is 2.27. The van der Waals surface area contributed by atoms with E-state index in [1.54, 1.807) is 31.4 Å². The Kier molecular flexibility index (Phi) is 5.57. The zero-order chi connectivity index (χ0) is 21.4. The summed E-state index contributed by atoms with van der Waals surface area (Å²) in [7, 11) is 1.69. The van der Waals surface area contributed by atoms with Crippen molar-refractivity contribution in [3.05, 3.63) is 57.3 Å². The van der Waals surface area contributed by atoms with E-state index in [1.807, 2.05) is 18.7 Å². The molecule has 0 amide bonds. The van der Waals surface area contributed by atoms with Gasteiger partial charge in [-0.1, -0.05) is 16.8 Å².